The SMILES string of the molecule is CC(C)(C)C1CCC2(CC1)N=C(c1cccc(C(F)(F)F)c1)C(=O)N2CCc1ccc(C(=O)O)cc1.[2H]C([2H])(CC(=O)c1ccc(CCN2C(=O)C(c3cccc(C(F)(F)F)c3)=NC23CCC(C(C)(C)C)CC3)cc1)C([2H])([2H])C(=O)O.[2H]C([2H])(N)C([2H])([2H])C(=O)O. The van der Waals surface area contributed by atoms with E-state index in [-0.39, 0.29) is 57.0 Å². The van der Waals surface area contributed by atoms with Crippen molar-refractivity contribution in [2.75, 3.05) is 19.6 Å². The first-order valence-corrected chi connectivity index (χ1v) is 27.1. The average molecular weight is 1170 g/mol. The first-order chi connectivity index (χ1) is 41.7. The Kier molecular flexibility index (Phi) is 17.2. The van der Waals surface area contributed by atoms with E-state index in [1.54, 1.807) is 34.1 Å². The van der Waals surface area contributed by atoms with Crippen molar-refractivity contribution in [3.8, 4) is 0 Å². The van der Waals surface area contributed by atoms with Crippen molar-refractivity contribution in [1.82, 2.24) is 9.80 Å². The number of amides is 2. The summed E-state index contributed by atoms with van der Waals surface area (Å²) in [6.07, 6.45) is -12.7. The van der Waals surface area contributed by atoms with Gasteiger partial charge in [-0.15, -0.1) is 0 Å². The van der Waals surface area contributed by atoms with Crippen LogP contribution in [0, 0.1) is 22.7 Å². The van der Waals surface area contributed by atoms with Crippen molar-refractivity contribution >= 4 is 46.9 Å². The minimum atomic E-state index is -4.57. The number of aliphatic carboxylic acids is 2. The van der Waals surface area contributed by atoms with E-state index in [0.29, 0.717) is 56.9 Å². The highest BCUT2D eigenvalue weighted by Crippen LogP contribution is 2.49. The maximum Gasteiger partial charge on any atom is 0.416 e. The number of nitrogens with zero attached hydrogens (tertiary/aromatic N) is 4. The molecule has 20 heteroatoms. The van der Waals surface area contributed by atoms with Crippen molar-refractivity contribution in [3.63, 3.8) is 0 Å². The van der Waals surface area contributed by atoms with Gasteiger partial charge in [-0.05, 0) is 141 Å². The molecule has 0 atom stereocenters. The molecule has 2 heterocycles. The second-order valence-electron chi connectivity index (χ2n) is 23.2. The summed E-state index contributed by atoms with van der Waals surface area (Å²) in [6, 6.07) is 22.1. The zero-order chi connectivity index (χ0) is 68.5. The van der Waals surface area contributed by atoms with Crippen LogP contribution in [-0.2, 0) is 44.4 Å². The van der Waals surface area contributed by atoms with Gasteiger partial charge in [-0.3, -0.25) is 34.0 Å². The second kappa shape index (κ2) is 26.6. The van der Waals surface area contributed by atoms with Crippen molar-refractivity contribution in [2.24, 2.45) is 38.4 Å². The number of Topliss-reactive ketones (excluding diaryl/α,β-unsaturated/α-hetero) is 1. The van der Waals surface area contributed by atoms with Gasteiger partial charge in [0.05, 0.1) is 23.1 Å². The maximum absolute atomic E-state index is 13.8. The number of carboxylic acid groups (broad SMARTS) is 3. The lowest BCUT2D eigenvalue weighted by Crippen LogP contribution is -2.50. The van der Waals surface area contributed by atoms with Crippen LogP contribution in [-0.4, -0.2) is 103 Å². The highest BCUT2D eigenvalue weighted by molar-refractivity contribution is 6.47. The quantitative estimate of drug-likeness (QED) is 0.0614. The van der Waals surface area contributed by atoms with Gasteiger partial charge in [-0.1, -0.05) is 102 Å². The van der Waals surface area contributed by atoms with E-state index in [1.165, 1.54) is 48.5 Å². The van der Waals surface area contributed by atoms with Crippen molar-refractivity contribution in [2.45, 2.75) is 155 Å². The van der Waals surface area contributed by atoms with E-state index in [0.717, 1.165) is 61.1 Å². The molecule has 2 aliphatic heterocycles. The molecule has 0 unspecified atom stereocenters. The van der Waals surface area contributed by atoms with Gasteiger partial charge in [0.2, 0.25) is 0 Å². The van der Waals surface area contributed by atoms with Crippen LogP contribution >= 0.6 is 0 Å². The van der Waals surface area contributed by atoms with Crippen molar-refractivity contribution < 1.29 is 81.4 Å². The third-order valence-corrected chi connectivity index (χ3v) is 15.8. The first-order valence-electron chi connectivity index (χ1n) is 31.1. The molecule has 4 aromatic carbocycles. The van der Waals surface area contributed by atoms with Gasteiger partial charge in [0.15, 0.2) is 5.78 Å². The molecular weight excluding hydrogens is 1080 g/mol. The summed E-state index contributed by atoms with van der Waals surface area (Å²) in [5.41, 5.74) is 3.69. The number of aromatic carboxylic acids is 1. The maximum atomic E-state index is 13.8. The number of rotatable bonds is 16. The van der Waals surface area contributed by atoms with E-state index >= 15 is 0 Å². The van der Waals surface area contributed by atoms with E-state index < -0.39 is 96.4 Å². The van der Waals surface area contributed by atoms with Crippen LogP contribution in [0.4, 0.5) is 26.3 Å². The number of halogens is 6. The first kappa shape index (κ1) is 53.8. The number of nitrogens with two attached hydrogens (primary N) is 1. The molecular formula is C63H75F6N5O9. The molecule has 2 saturated carbocycles. The molecule has 0 bridgehead atoms. The molecule has 8 rings (SSSR count). The number of aliphatic imine (C=N–C) groups is 2. The number of carbonyl (C=O) groups excluding carboxylic acids is 3. The van der Waals surface area contributed by atoms with Crippen LogP contribution in [0.1, 0.15) is 184 Å². The summed E-state index contributed by atoms with van der Waals surface area (Å²) >= 11 is 0. The molecule has 448 valence electrons. The molecule has 83 heavy (non-hydrogen) atoms. The van der Waals surface area contributed by atoms with Crippen LogP contribution < -0.4 is 5.73 Å². The Balaban J connectivity index is 0.000000256. The Morgan fingerprint density at radius 1 is 0.590 bits per heavy atom. The Morgan fingerprint density at radius 3 is 1.28 bits per heavy atom. The smallest absolute Gasteiger partial charge is 0.416 e. The van der Waals surface area contributed by atoms with Gasteiger partial charge in [-0.25, -0.2) is 4.79 Å². The minimum Gasteiger partial charge on any atom is -0.481 e. The van der Waals surface area contributed by atoms with Gasteiger partial charge in [0.25, 0.3) is 11.8 Å². The molecule has 0 radical (unpaired) electrons. The number of carboxylic acids is 3. The third kappa shape index (κ3) is 16.7. The van der Waals surface area contributed by atoms with E-state index in [9.17, 15) is 55.1 Å². The molecule has 2 spiro atoms. The third-order valence-electron chi connectivity index (χ3n) is 15.8. The fraction of sp³-hybridized carbons (Fsp3) is 0.492. The number of benzene rings is 4. The number of hydrogen-bond donors (Lipinski definition) is 4. The lowest BCUT2D eigenvalue weighted by molar-refractivity contribution is -0.138. The van der Waals surface area contributed by atoms with Crippen LogP contribution in [0.2, 0.25) is 0 Å². The fourth-order valence-corrected chi connectivity index (χ4v) is 11.1. The molecule has 4 aliphatic rings. The summed E-state index contributed by atoms with van der Waals surface area (Å²) < 4.78 is 137. The van der Waals surface area contributed by atoms with Gasteiger partial charge >= 0.3 is 30.3 Å². The molecule has 14 nitrogen and oxygen atoms in total. The molecule has 2 amide bonds. The topological polar surface area (TPSA) is 220 Å². The zero-order valence-corrected chi connectivity index (χ0v) is 47.0. The standard InChI is InChI=1S/C32H37F3N2O4.C28H31F3N2O3.C3H7NO2/c1-30(2,3)24-14-17-31(18-15-24)36-28(23-6-4-7-25(20-23)32(33,34)35)29(41)37(31)19-16-21-10-12-22(13-11-21)26(38)8-5-9-27(39)40;1-26(2,3)21-11-14-27(15-12-21)32-23(20-5-4-6-22(17-20)28(29,30)31)24(34)33(27)16-13-18-7-9-19(10-8-18)25(35)36;4-2-1-3(5)6/h4,6-7,10-13,20,24H,5,8-9,14-19H2,1-3H3,(H,39,40);4-10,17,21H,11-16H2,1-3H3,(H,35,36);1-2,4H2,(H,5,6)/i5D2,9D2;;1D2,2D2. The van der Waals surface area contributed by atoms with E-state index in [4.69, 9.17) is 36.3 Å². The number of carbonyl (C=O) groups is 6. The Bertz CT molecular complexity index is 3420. The highest BCUT2D eigenvalue weighted by Gasteiger charge is 2.52. The molecule has 4 aromatic rings. The van der Waals surface area contributed by atoms with Gasteiger partial charge < -0.3 is 30.9 Å². The lowest BCUT2D eigenvalue weighted by Gasteiger charge is -2.45. The molecule has 2 aliphatic carbocycles. The largest absolute Gasteiger partial charge is 0.481 e. The Hall–Kier alpha value is -7.22. The predicted octanol–water partition coefficient (Wildman–Crippen LogP) is 12.6. The predicted molar refractivity (Wildman–Crippen MR) is 302 cm³/mol. The van der Waals surface area contributed by atoms with Crippen molar-refractivity contribution in [3.05, 3.63) is 142 Å². The summed E-state index contributed by atoms with van der Waals surface area (Å²) in [7, 11) is 0. The molecule has 2 fully saturated rings. The number of ketones is 1. The van der Waals surface area contributed by atoms with Crippen molar-refractivity contribution in [1.29, 1.82) is 0 Å². The normalized spacial score (nSPS) is 23.1. The average Bonchev–Trinajstić information content (AvgIpc) is 1.62. The summed E-state index contributed by atoms with van der Waals surface area (Å²) in [5, 5.41) is 26.2. The fourth-order valence-electron chi connectivity index (χ4n) is 11.1. The molecule has 5 N–H and O–H groups in total. The Labute approximate surface area is 491 Å². The Morgan fingerprint density at radius 2 is 0.964 bits per heavy atom. The second-order valence-corrected chi connectivity index (χ2v) is 23.2. The summed E-state index contributed by atoms with van der Waals surface area (Å²) in [5.74, 6) is -5.61. The van der Waals surface area contributed by atoms with Gasteiger partial charge in [0, 0.05) is 60.0 Å². The number of alkyl halides is 6. The van der Waals surface area contributed by atoms with Crippen LogP contribution in [0.25, 0.3) is 0 Å². The van der Waals surface area contributed by atoms with E-state index in [1.807, 2.05) is 0 Å². The van der Waals surface area contributed by atoms with E-state index in [2.05, 4.69) is 47.3 Å². The van der Waals surface area contributed by atoms with Gasteiger partial charge in [-0.2, -0.15) is 26.3 Å². The zero-order valence-electron chi connectivity index (χ0n) is 55.0. The van der Waals surface area contributed by atoms with Crippen LogP contribution in [0.3, 0.4) is 0 Å². The minimum absolute atomic E-state index is 0.00625. The van der Waals surface area contributed by atoms with Crippen LogP contribution in [0.5, 0.6) is 0 Å². The summed E-state index contributed by atoms with van der Waals surface area (Å²) in [4.78, 5) is 85.4. The monoisotopic (exact) mass is 1170 g/mol. The highest BCUT2D eigenvalue weighted by atomic mass is 19.4. The molecule has 0 saturated heterocycles. The number of hydrogen-bond acceptors (Lipinski definition) is 9. The molecule has 0 aromatic heterocycles. The van der Waals surface area contributed by atoms with Crippen LogP contribution in [0.15, 0.2) is 107 Å². The lowest BCUT2D eigenvalue weighted by atomic mass is 9.69. The summed E-state index contributed by atoms with van der Waals surface area (Å²) in [6.45, 7) is 10.8. The van der Waals surface area contributed by atoms with Gasteiger partial charge in [0.1, 0.15) is 22.7 Å².